The van der Waals surface area contributed by atoms with Gasteiger partial charge in [0, 0.05) is 20.3 Å². The summed E-state index contributed by atoms with van der Waals surface area (Å²) in [6.45, 7) is 8.83. The number of rotatable bonds is 4. The Balaban J connectivity index is 1.58. The summed E-state index contributed by atoms with van der Waals surface area (Å²) >= 11 is 5.04. The van der Waals surface area contributed by atoms with Crippen molar-refractivity contribution in [2.75, 3.05) is 12.4 Å². The van der Waals surface area contributed by atoms with Gasteiger partial charge in [-0.05, 0) is 67.3 Å². The molecule has 1 N–H and O–H groups in total. The zero-order valence-corrected chi connectivity index (χ0v) is 24.7. The second kappa shape index (κ2) is 10.3. The lowest BCUT2D eigenvalue weighted by Gasteiger charge is -2.33. The highest BCUT2D eigenvalue weighted by atomic mass is 79.9. The van der Waals surface area contributed by atoms with E-state index in [1.54, 1.807) is 0 Å². The molecule has 0 aliphatic heterocycles. The lowest BCUT2D eigenvalue weighted by Crippen LogP contribution is -2.26. The largest absolute Gasteiger partial charge is 0.465 e. The molecule has 0 bridgehead atoms. The fourth-order valence-electron chi connectivity index (χ4n) is 5.16. The van der Waals surface area contributed by atoms with Crippen LogP contribution in [-0.2, 0) is 17.6 Å². The van der Waals surface area contributed by atoms with Crippen molar-refractivity contribution in [2.24, 2.45) is 11.3 Å². The number of aromatic nitrogens is 1. The summed E-state index contributed by atoms with van der Waals surface area (Å²) < 4.78 is 6.02. The summed E-state index contributed by atoms with van der Waals surface area (Å²) in [6.07, 6.45) is 2.70. The number of amides is 1. The molecule has 1 amide bonds. The first-order valence-electron chi connectivity index (χ1n) is 12.8. The van der Waals surface area contributed by atoms with E-state index < -0.39 is 5.97 Å². The van der Waals surface area contributed by atoms with Crippen LogP contribution in [0.15, 0.2) is 53.0 Å². The lowest BCUT2D eigenvalue weighted by atomic mass is 9.72. The predicted octanol–water partition coefficient (Wildman–Crippen LogP) is 8.22. The summed E-state index contributed by atoms with van der Waals surface area (Å²) in [7, 11) is 1.39. The van der Waals surface area contributed by atoms with Crippen molar-refractivity contribution in [3.8, 4) is 11.3 Å². The van der Waals surface area contributed by atoms with Gasteiger partial charge in [0.15, 0.2) is 0 Å². The maximum atomic E-state index is 13.9. The third-order valence-electron chi connectivity index (χ3n) is 7.47. The van der Waals surface area contributed by atoms with E-state index in [-0.39, 0.29) is 11.3 Å². The molecule has 4 aromatic rings. The molecule has 5 rings (SSSR count). The van der Waals surface area contributed by atoms with Crippen molar-refractivity contribution in [2.45, 2.75) is 47.0 Å². The number of anilines is 1. The third kappa shape index (κ3) is 5.14. The van der Waals surface area contributed by atoms with E-state index in [9.17, 15) is 9.59 Å². The first kappa shape index (κ1) is 26.6. The van der Waals surface area contributed by atoms with E-state index in [2.05, 4.69) is 42.0 Å². The van der Waals surface area contributed by atoms with Crippen LogP contribution in [0.4, 0.5) is 5.00 Å². The van der Waals surface area contributed by atoms with E-state index in [0.717, 1.165) is 61.9 Å². The van der Waals surface area contributed by atoms with Crippen LogP contribution < -0.4 is 5.32 Å². The molecule has 0 saturated heterocycles. The van der Waals surface area contributed by atoms with Crippen LogP contribution in [0.3, 0.4) is 0 Å². The number of methoxy groups -OCH3 is 1. The Kier molecular flexibility index (Phi) is 7.18. The van der Waals surface area contributed by atoms with Gasteiger partial charge >= 0.3 is 5.97 Å². The minimum absolute atomic E-state index is 0.173. The molecule has 2 heterocycles. The Labute approximate surface area is 235 Å². The lowest BCUT2D eigenvalue weighted by molar-refractivity contribution is 0.0600. The maximum Gasteiger partial charge on any atom is 0.341 e. The highest BCUT2D eigenvalue weighted by molar-refractivity contribution is 9.10. The van der Waals surface area contributed by atoms with Crippen LogP contribution in [0, 0.1) is 18.3 Å². The zero-order valence-electron chi connectivity index (χ0n) is 22.3. The smallest absolute Gasteiger partial charge is 0.341 e. The summed E-state index contributed by atoms with van der Waals surface area (Å²) in [5, 5.41) is 4.38. The van der Waals surface area contributed by atoms with Gasteiger partial charge in [-0.25, -0.2) is 9.78 Å². The number of fused-ring (bicyclic) bond motifs is 2. The van der Waals surface area contributed by atoms with E-state index in [0.29, 0.717) is 22.0 Å². The Hall–Kier alpha value is -3.03. The number of nitrogens with zero attached hydrogens (tertiary/aromatic N) is 1. The number of pyridine rings is 1. The first-order chi connectivity index (χ1) is 18.0. The summed E-state index contributed by atoms with van der Waals surface area (Å²) in [5.41, 5.74) is 5.71. The molecule has 1 aliphatic rings. The van der Waals surface area contributed by atoms with E-state index in [4.69, 9.17) is 9.72 Å². The van der Waals surface area contributed by atoms with E-state index in [1.165, 1.54) is 18.4 Å². The van der Waals surface area contributed by atoms with E-state index in [1.807, 2.05) is 55.5 Å². The third-order valence-corrected chi connectivity index (χ3v) is 9.13. The first-order valence-corrected chi connectivity index (χ1v) is 14.4. The number of carbonyl (C=O) groups excluding carboxylic acids is 2. The molecule has 0 spiro atoms. The quantitative estimate of drug-likeness (QED) is 0.243. The highest BCUT2D eigenvalue weighted by Gasteiger charge is 2.34. The molecule has 0 fully saturated rings. The van der Waals surface area contributed by atoms with Gasteiger partial charge < -0.3 is 10.1 Å². The number of halogens is 1. The van der Waals surface area contributed by atoms with Gasteiger partial charge in [-0.2, -0.15) is 0 Å². The fourth-order valence-corrected chi connectivity index (χ4v) is 6.83. The number of thiophene rings is 1. The van der Waals surface area contributed by atoms with Crippen molar-refractivity contribution in [1.82, 2.24) is 4.98 Å². The minimum Gasteiger partial charge on any atom is -0.465 e. The summed E-state index contributed by atoms with van der Waals surface area (Å²) in [4.78, 5) is 32.8. The normalized spacial score (nSPS) is 15.3. The predicted molar refractivity (Wildman–Crippen MR) is 158 cm³/mol. The van der Waals surface area contributed by atoms with Crippen molar-refractivity contribution in [3.63, 3.8) is 0 Å². The molecule has 0 saturated carbocycles. The van der Waals surface area contributed by atoms with Gasteiger partial charge in [0.1, 0.15) is 5.00 Å². The van der Waals surface area contributed by atoms with Crippen molar-refractivity contribution in [3.05, 3.63) is 80.1 Å². The van der Waals surface area contributed by atoms with Gasteiger partial charge in [-0.3, -0.25) is 4.79 Å². The number of nitrogens with one attached hydrogen (secondary N) is 1. The van der Waals surface area contributed by atoms with Crippen LogP contribution in [0.1, 0.15) is 63.9 Å². The molecule has 0 radical (unpaired) electrons. The Morgan fingerprint density at radius 1 is 1.11 bits per heavy atom. The molecular weight excluding hydrogens is 560 g/mol. The number of ether oxygens (including phenoxy) is 1. The second-order valence-electron chi connectivity index (χ2n) is 11.0. The van der Waals surface area contributed by atoms with Gasteiger partial charge in [-0.1, -0.05) is 66.5 Å². The van der Waals surface area contributed by atoms with Crippen molar-refractivity contribution < 1.29 is 14.3 Å². The van der Waals surface area contributed by atoms with Gasteiger partial charge in [-0.15, -0.1) is 11.3 Å². The van der Waals surface area contributed by atoms with Gasteiger partial charge in [0.2, 0.25) is 0 Å². The van der Waals surface area contributed by atoms with Crippen LogP contribution in [0.5, 0.6) is 0 Å². The number of hydrogen-bond donors (Lipinski definition) is 1. The molecule has 2 aromatic heterocycles. The topological polar surface area (TPSA) is 68.3 Å². The van der Waals surface area contributed by atoms with Crippen LogP contribution in [-0.4, -0.2) is 24.0 Å². The van der Waals surface area contributed by atoms with Crippen molar-refractivity contribution in [1.29, 1.82) is 0 Å². The highest BCUT2D eigenvalue weighted by Crippen LogP contribution is 2.44. The summed E-state index contributed by atoms with van der Waals surface area (Å²) in [6, 6.07) is 15.7. The maximum absolute atomic E-state index is 13.9. The second-order valence-corrected chi connectivity index (χ2v) is 13.1. The van der Waals surface area contributed by atoms with Crippen LogP contribution in [0.25, 0.3) is 22.2 Å². The number of benzene rings is 2. The van der Waals surface area contributed by atoms with Crippen LogP contribution >= 0.6 is 27.3 Å². The molecule has 1 atom stereocenters. The summed E-state index contributed by atoms with van der Waals surface area (Å²) in [5.74, 6) is -0.170. The monoisotopic (exact) mass is 590 g/mol. The SMILES string of the molecule is COC(=O)c1c(NC(=O)c2cc(-c3ccc(C)cc3)nc3ccc(Br)cc23)sc2c1CC[C@@H](C(C)(C)C)C2. The Bertz CT molecular complexity index is 1550. The standard InChI is InChI=1S/C31H31BrN2O3S/c1-17-6-8-18(9-7-17)25-16-23(22-15-20(32)11-13-24(22)33-25)28(35)34-29-27(30(36)37-5)21-12-10-19(31(2,3)4)14-26(21)38-29/h6-9,11,13,15-16,19H,10,12,14H2,1-5H3,(H,34,35)/t19-/m1/s1. The minimum atomic E-state index is -0.408. The van der Waals surface area contributed by atoms with Gasteiger partial charge in [0.25, 0.3) is 5.91 Å². The van der Waals surface area contributed by atoms with Gasteiger partial charge in [0.05, 0.1) is 29.4 Å². The molecule has 2 aromatic carbocycles. The Morgan fingerprint density at radius 3 is 2.53 bits per heavy atom. The number of aryl methyl sites for hydroxylation is 1. The fraction of sp³-hybridized carbons (Fsp3) is 0.323. The number of esters is 1. The molecule has 7 heteroatoms. The average Bonchev–Trinajstić information content (AvgIpc) is 3.24. The molecule has 0 unspecified atom stereocenters. The zero-order chi connectivity index (χ0) is 27.2. The van der Waals surface area contributed by atoms with Crippen LogP contribution in [0.2, 0.25) is 0 Å². The molecular formula is C31H31BrN2O3S. The molecule has 38 heavy (non-hydrogen) atoms. The molecule has 5 nitrogen and oxygen atoms in total. The Morgan fingerprint density at radius 2 is 1.84 bits per heavy atom. The number of carbonyl (C=O) groups is 2. The van der Waals surface area contributed by atoms with Crippen molar-refractivity contribution >= 4 is 55.0 Å². The average molecular weight is 592 g/mol. The van der Waals surface area contributed by atoms with E-state index >= 15 is 0 Å². The number of hydrogen-bond acceptors (Lipinski definition) is 5. The molecule has 1 aliphatic carbocycles. The molecule has 196 valence electrons.